The highest BCUT2D eigenvalue weighted by Gasteiger charge is 2.49. The smallest absolute Gasteiger partial charge is 0.410 e. The first-order valence-corrected chi connectivity index (χ1v) is 17.6. The van der Waals surface area contributed by atoms with Crippen molar-refractivity contribution in [3.8, 4) is 11.1 Å². The number of likely N-dealkylation sites (tertiary alicyclic amines) is 1. The number of carbonyl (C=O) groups is 3. The SMILES string of the molecule is CC(C)(C)OC(=O)N1CCC2(C1)CN(c1ccc(-c3cc(F)c4c(c3)C(=O)N(C(C(=O)Nc3nccs3)c3ncn5c3CCC5)C4)cc1)C2. The van der Waals surface area contributed by atoms with Gasteiger partial charge >= 0.3 is 6.09 Å². The van der Waals surface area contributed by atoms with Crippen molar-refractivity contribution in [3.63, 3.8) is 0 Å². The number of hydrogen-bond acceptors (Lipinski definition) is 8. The molecule has 2 fully saturated rings. The second-order valence-corrected chi connectivity index (χ2v) is 15.5. The summed E-state index contributed by atoms with van der Waals surface area (Å²) in [5.41, 5.74) is 3.95. The van der Waals surface area contributed by atoms with Gasteiger partial charge in [0, 0.05) is 72.2 Å². The van der Waals surface area contributed by atoms with Gasteiger partial charge in [-0.3, -0.25) is 14.9 Å². The minimum absolute atomic E-state index is 0.0382. The second-order valence-electron chi connectivity index (χ2n) is 14.6. The third-order valence-corrected chi connectivity index (χ3v) is 10.7. The summed E-state index contributed by atoms with van der Waals surface area (Å²) >= 11 is 1.29. The van der Waals surface area contributed by atoms with Crippen LogP contribution in [0.25, 0.3) is 11.1 Å². The minimum Gasteiger partial charge on any atom is -0.444 e. The second kappa shape index (κ2) is 11.7. The summed E-state index contributed by atoms with van der Waals surface area (Å²) < 4.78 is 23.4. The molecule has 0 radical (unpaired) electrons. The van der Waals surface area contributed by atoms with E-state index in [0.29, 0.717) is 29.5 Å². The highest BCUT2D eigenvalue weighted by Crippen LogP contribution is 2.43. The molecule has 11 nitrogen and oxygen atoms in total. The summed E-state index contributed by atoms with van der Waals surface area (Å²) in [6.07, 6.45) is 5.68. The number of carbonyl (C=O) groups excluding carboxylic acids is 3. The topological polar surface area (TPSA) is 113 Å². The number of nitrogens with zero attached hydrogens (tertiary/aromatic N) is 6. The molecule has 3 amide bonds. The Kier molecular flexibility index (Phi) is 7.50. The number of halogens is 1. The molecule has 2 aromatic heterocycles. The lowest BCUT2D eigenvalue weighted by atomic mass is 9.78. The molecule has 4 aliphatic heterocycles. The summed E-state index contributed by atoms with van der Waals surface area (Å²) in [5.74, 6) is -1.32. The Morgan fingerprint density at radius 2 is 1.86 bits per heavy atom. The van der Waals surface area contributed by atoms with Crippen LogP contribution < -0.4 is 10.2 Å². The molecule has 13 heteroatoms. The molecule has 1 unspecified atom stereocenters. The Bertz CT molecular complexity index is 1950. The Labute approximate surface area is 287 Å². The molecule has 4 aromatic rings. The Hall–Kier alpha value is -4.78. The van der Waals surface area contributed by atoms with E-state index in [4.69, 9.17) is 4.74 Å². The normalized spacial score (nSPS) is 18.4. The fourth-order valence-electron chi connectivity index (χ4n) is 7.65. The van der Waals surface area contributed by atoms with E-state index in [1.165, 1.54) is 22.3 Å². The zero-order valence-corrected chi connectivity index (χ0v) is 28.6. The molecule has 1 spiro atoms. The Balaban J connectivity index is 0.987. The van der Waals surface area contributed by atoms with Crippen LogP contribution in [0.2, 0.25) is 0 Å². The number of rotatable bonds is 6. The number of anilines is 2. The number of amides is 3. The van der Waals surface area contributed by atoms with Crippen molar-refractivity contribution in [1.82, 2.24) is 24.3 Å². The molecule has 2 saturated heterocycles. The lowest BCUT2D eigenvalue weighted by Crippen LogP contribution is -2.58. The van der Waals surface area contributed by atoms with Crippen LogP contribution >= 0.6 is 11.3 Å². The summed E-state index contributed by atoms with van der Waals surface area (Å²) in [6, 6.07) is 10.1. The van der Waals surface area contributed by atoms with Crippen molar-refractivity contribution in [1.29, 1.82) is 0 Å². The van der Waals surface area contributed by atoms with Gasteiger partial charge < -0.3 is 24.0 Å². The number of benzene rings is 2. The van der Waals surface area contributed by atoms with Crippen molar-refractivity contribution >= 4 is 40.1 Å². The number of hydrogen-bond donors (Lipinski definition) is 1. The molecule has 0 bridgehead atoms. The van der Waals surface area contributed by atoms with Crippen LogP contribution in [-0.2, 0) is 29.0 Å². The highest BCUT2D eigenvalue weighted by molar-refractivity contribution is 7.13. The first kappa shape index (κ1) is 31.5. The lowest BCUT2D eigenvalue weighted by molar-refractivity contribution is -0.121. The van der Waals surface area contributed by atoms with Crippen molar-refractivity contribution in [2.24, 2.45) is 5.41 Å². The molecule has 8 rings (SSSR count). The number of imidazole rings is 1. The summed E-state index contributed by atoms with van der Waals surface area (Å²) in [5, 5.41) is 5.02. The molecule has 0 aliphatic carbocycles. The molecule has 49 heavy (non-hydrogen) atoms. The largest absolute Gasteiger partial charge is 0.444 e. The monoisotopic (exact) mass is 683 g/mol. The van der Waals surface area contributed by atoms with E-state index >= 15 is 4.39 Å². The van der Waals surface area contributed by atoms with Crippen molar-refractivity contribution in [3.05, 3.63) is 82.6 Å². The highest BCUT2D eigenvalue weighted by atomic mass is 32.1. The maximum absolute atomic E-state index is 15.8. The summed E-state index contributed by atoms with van der Waals surface area (Å²) in [6.45, 7) is 9.49. The van der Waals surface area contributed by atoms with Gasteiger partial charge in [-0.2, -0.15) is 0 Å². The van der Waals surface area contributed by atoms with E-state index in [-0.39, 0.29) is 29.2 Å². The predicted octanol–water partition coefficient (Wildman–Crippen LogP) is 5.87. The maximum atomic E-state index is 15.8. The van der Waals surface area contributed by atoms with Crippen LogP contribution in [0.3, 0.4) is 0 Å². The van der Waals surface area contributed by atoms with Crippen LogP contribution in [-0.4, -0.2) is 74.0 Å². The first-order chi connectivity index (χ1) is 23.5. The van der Waals surface area contributed by atoms with Crippen molar-refractivity contribution in [2.45, 2.75) is 64.8 Å². The first-order valence-electron chi connectivity index (χ1n) is 16.7. The average molecular weight is 684 g/mol. The minimum atomic E-state index is -1.03. The lowest BCUT2D eigenvalue weighted by Gasteiger charge is -2.49. The number of aryl methyl sites for hydroxylation is 1. The molecular weight excluding hydrogens is 646 g/mol. The van der Waals surface area contributed by atoms with Gasteiger partial charge in [-0.25, -0.2) is 19.2 Å². The molecule has 0 saturated carbocycles. The van der Waals surface area contributed by atoms with E-state index in [9.17, 15) is 14.4 Å². The van der Waals surface area contributed by atoms with Crippen LogP contribution in [0.5, 0.6) is 0 Å². The van der Waals surface area contributed by atoms with E-state index < -0.39 is 29.3 Å². The number of thiazole rings is 1. The number of nitrogens with one attached hydrogen (secondary N) is 1. The van der Waals surface area contributed by atoms with Crippen molar-refractivity contribution in [2.75, 3.05) is 36.4 Å². The summed E-state index contributed by atoms with van der Waals surface area (Å²) in [4.78, 5) is 54.6. The van der Waals surface area contributed by atoms with Crippen molar-refractivity contribution < 1.29 is 23.5 Å². The molecule has 1 N–H and O–H groups in total. The zero-order valence-electron chi connectivity index (χ0n) is 27.7. The van der Waals surface area contributed by atoms with Gasteiger partial charge in [-0.05, 0) is 75.4 Å². The maximum Gasteiger partial charge on any atom is 0.410 e. The fraction of sp³-hybridized carbons (Fsp3) is 0.417. The van der Waals surface area contributed by atoms with E-state index in [2.05, 4.69) is 20.2 Å². The van der Waals surface area contributed by atoms with Crippen LogP contribution in [0, 0.1) is 11.2 Å². The number of aromatic nitrogens is 3. The van der Waals surface area contributed by atoms with Gasteiger partial charge in [0.05, 0.1) is 18.6 Å². The van der Waals surface area contributed by atoms with Gasteiger partial charge in [0.15, 0.2) is 11.2 Å². The van der Waals surface area contributed by atoms with Gasteiger partial charge in [-0.1, -0.05) is 12.1 Å². The fourth-order valence-corrected chi connectivity index (χ4v) is 8.18. The standard InChI is InChI=1S/C36H38FN7O4S/c1-35(2,3)48-34(47)41-13-10-36(18-41)19-43(20-36)24-8-6-22(7-9-24)23-15-25-26(27(37)16-23)17-44(32(25)46)30(31(45)40-33-38-11-14-49-33)29-28-5-4-12-42(28)21-39-29/h6-9,11,14-16,21,30H,4-5,10,12-13,17-20H2,1-3H3,(H,38,40,45). The van der Waals surface area contributed by atoms with Gasteiger partial charge in [-0.15, -0.1) is 11.3 Å². The zero-order chi connectivity index (χ0) is 34.1. The summed E-state index contributed by atoms with van der Waals surface area (Å²) in [7, 11) is 0. The third kappa shape index (κ3) is 5.73. The van der Waals surface area contributed by atoms with Crippen LogP contribution in [0.1, 0.15) is 67.0 Å². The third-order valence-electron chi connectivity index (χ3n) is 10.00. The molecule has 254 valence electrons. The number of fused-ring (bicyclic) bond motifs is 2. The average Bonchev–Trinajstić information content (AvgIpc) is 3.87. The quantitative estimate of drug-likeness (QED) is 0.270. The molecule has 2 aromatic carbocycles. The van der Waals surface area contributed by atoms with Crippen LogP contribution in [0.15, 0.2) is 54.3 Å². The Morgan fingerprint density at radius 1 is 1.06 bits per heavy atom. The number of ether oxygens (including phenoxy) is 1. The van der Waals surface area contributed by atoms with Gasteiger partial charge in [0.2, 0.25) is 0 Å². The van der Waals surface area contributed by atoms with E-state index in [0.717, 1.165) is 55.8 Å². The predicted molar refractivity (Wildman–Crippen MR) is 183 cm³/mol. The Morgan fingerprint density at radius 3 is 2.59 bits per heavy atom. The van der Waals surface area contributed by atoms with Gasteiger partial charge in [0.25, 0.3) is 11.8 Å². The van der Waals surface area contributed by atoms with E-state index in [1.54, 1.807) is 24.0 Å². The molecule has 4 aliphatic rings. The van der Waals surface area contributed by atoms with Crippen LogP contribution in [0.4, 0.5) is 20.0 Å². The molecule has 1 atom stereocenters. The van der Waals surface area contributed by atoms with E-state index in [1.807, 2.05) is 54.5 Å². The molecule has 6 heterocycles. The van der Waals surface area contributed by atoms with Gasteiger partial charge in [0.1, 0.15) is 11.4 Å². The molecular formula is C36H38FN7O4S.